The summed E-state index contributed by atoms with van der Waals surface area (Å²) in [5.41, 5.74) is 1.12. The Morgan fingerprint density at radius 1 is 0.763 bits per heavy atom. The molecular weight excluding hydrogens is 486 g/mol. The summed E-state index contributed by atoms with van der Waals surface area (Å²) >= 11 is 0. The lowest BCUT2D eigenvalue weighted by atomic mass is 10.1. The molecule has 0 fully saturated rings. The zero-order valence-electron chi connectivity index (χ0n) is 20.6. The molecule has 0 spiro atoms. The molecule has 0 aliphatic heterocycles. The van der Waals surface area contributed by atoms with Crippen molar-refractivity contribution < 1.29 is 28.6 Å². The summed E-state index contributed by atoms with van der Waals surface area (Å²) in [6.45, 7) is 0. The Bertz CT molecular complexity index is 1420. The lowest BCUT2D eigenvalue weighted by molar-refractivity contribution is -0.133. The molecule has 0 atom stereocenters. The van der Waals surface area contributed by atoms with Gasteiger partial charge in [-0.25, -0.2) is 19.7 Å². The summed E-state index contributed by atoms with van der Waals surface area (Å²) in [7, 11) is 2.67. The molecule has 0 N–H and O–H groups in total. The first-order chi connectivity index (χ1) is 18.5. The molecule has 190 valence electrons. The number of rotatable bonds is 8. The van der Waals surface area contributed by atoms with E-state index >= 15 is 0 Å². The van der Waals surface area contributed by atoms with Gasteiger partial charge in [-0.1, -0.05) is 54.6 Å². The topological polar surface area (TPSA) is 108 Å². The fourth-order valence-electron chi connectivity index (χ4n) is 3.57. The molecule has 1 aromatic heterocycles. The highest BCUT2D eigenvalue weighted by molar-refractivity contribution is 6.25. The van der Waals surface area contributed by atoms with Gasteiger partial charge in [-0.15, -0.1) is 0 Å². The number of para-hydroxylation sites is 1. The van der Waals surface area contributed by atoms with Crippen LogP contribution in [0, 0.1) is 0 Å². The van der Waals surface area contributed by atoms with Crippen molar-refractivity contribution in [1.29, 1.82) is 0 Å². The van der Waals surface area contributed by atoms with Crippen LogP contribution in [0.1, 0.15) is 26.3 Å². The standard InChI is InChI=1S/C29H23N3O6/c1-36-18-23(29(35)37-2)22-15-9-10-16-24(22)38-26-17-25(30-19-31-26)32(27(33)20-11-5-3-6-12-20)28(34)21-13-7-4-8-14-21/h3-19H,1-2H3. The van der Waals surface area contributed by atoms with E-state index in [1.807, 2.05) is 0 Å². The molecule has 9 heteroatoms. The maximum Gasteiger partial charge on any atom is 0.341 e. The van der Waals surface area contributed by atoms with Gasteiger partial charge in [-0.05, 0) is 30.3 Å². The number of amides is 2. The number of anilines is 1. The third-order valence-electron chi connectivity index (χ3n) is 5.34. The van der Waals surface area contributed by atoms with E-state index in [1.54, 1.807) is 84.9 Å². The lowest BCUT2D eigenvalue weighted by Gasteiger charge is -2.20. The Morgan fingerprint density at radius 3 is 1.92 bits per heavy atom. The van der Waals surface area contributed by atoms with E-state index < -0.39 is 17.8 Å². The number of carbonyl (C=O) groups is 3. The normalized spacial score (nSPS) is 10.8. The molecule has 0 radical (unpaired) electrons. The van der Waals surface area contributed by atoms with Gasteiger partial charge in [0.25, 0.3) is 11.8 Å². The number of nitrogens with zero attached hydrogens (tertiary/aromatic N) is 3. The molecule has 0 unspecified atom stereocenters. The van der Waals surface area contributed by atoms with E-state index in [-0.39, 0.29) is 23.0 Å². The SMILES string of the molecule is COC=C(C(=O)OC)c1ccccc1Oc1cc(N(C(=O)c2ccccc2)C(=O)c2ccccc2)ncn1. The Labute approximate surface area is 218 Å². The van der Waals surface area contributed by atoms with Crippen molar-refractivity contribution in [2.45, 2.75) is 0 Å². The number of aromatic nitrogens is 2. The van der Waals surface area contributed by atoms with Crippen molar-refractivity contribution >= 4 is 29.2 Å². The van der Waals surface area contributed by atoms with Crippen LogP contribution in [-0.2, 0) is 14.3 Å². The minimum Gasteiger partial charge on any atom is -0.503 e. The van der Waals surface area contributed by atoms with Crippen molar-refractivity contribution in [3.05, 3.63) is 120 Å². The molecule has 38 heavy (non-hydrogen) atoms. The minimum atomic E-state index is -0.626. The molecule has 4 aromatic rings. The highest BCUT2D eigenvalue weighted by atomic mass is 16.5. The fraction of sp³-hybridized carbons (Fsp3) is 0.0690. The van der Waals surface area contributed by atoms with Gasteiger partial charge in [0.05, 0.1) is 20.5 Å². The molecule has 9 nitrogen and oxygen atoms in total. The van der Waals surface area contributed by atoms with Gasteiger partial charge in [0.2, 0.25) is 5.88 Å². The second-order valence-corrected chi connectivity index (χ2v) is 7.75. The monoisotopic (exact) mass is 509 g/mol. The van der Waals surface area contributed by atoms with Gasteiger partial charge in [0.1, 0.15) is 23.5 Å². The Morgan fingerprint density at radius 2 is 1.34 bits per heavy atom. The van der Waals surface area contributed by atoms with Gasteiger partial charge in [0, 0.05) is 22.8 Å². The van der Waals surface area contributed by atoms with Crippen LogP contribution in [0.15, 0.2) is 104 Å². The Kier molecular flexibility index (Phi) is 8.20. The number of ether oxygens (including phenoxy) is 3. The molecule has 0 bridgehead atoms. The van der Waals surface area contributed by atoms with Gasteiger partial charge in [-0.2, -0.15) is 0 Å². The maximum atomic E-state index is 13.5. The predicted molar refractivity (Wildman–Crippen MR) is 140 cm³/mol. The Hall–Kier alpha value is -5.31. The zero-order chi connectivity index (χ0) is 26.9. The number of esters is 1. The van der Waals surface area contributed by atoms with Crippen LogP contribution in [0.3, 0.4) is 0 Å². The third-order valence-corrected chi connectivity index (χ3v) is 5.34. The van der Waals surface area contributed by atoms with E-state index in [4.69, 9.17) is 14.2 Å². The molecule has 0 aliphatic rings. The number of imide groups is 1. The first kappa shape index (κ1) is 25.8. The van der Waals surface area contributed by atoms with E-state index in [0.717, 1.165) is 4.90 Å². The van der Waals surface area contributed by atoms with E-state index in [2.05, 4.69) is 9.97 Å². The molecule has 1 heterocycles. The van der Waals surface area contributed by atoms with E-state index in [9.17, 15) is 14.4 Å². The molecule has 4 rings (SSSR count). The maximum absolute atomic E-state index is 13.5. The average molecular weight is 510 g/mol. The first-order valence-electron chi connectivity index (χ1n) is 11.4. The zero-order valence-corrected chi connectivity index (χ0v) is 20.6. The highest BCUT2D eigenvalue weighted by Crippen LogP contribution is 2.31. The second kappa shape index (κ2) is 12.1. The van der Waals surface area contributed by atoms with Gasteiger partial charge in [0.15, 0.2) is 0 Å². The van der Waals surface area contributed by atoms with Gasteiger partial charge >= 0.3 is 5.97 Å². The van der Waals surface area contributed by atoms with Crippen molar-refractivity contribution in [2.75, 3.05) is 19.1 Å². The number of carbonyl (C=O) groups excluding carboxylic acids is 3. The quantitative estimate of drug-likeness (QED) is 0.143. The summed E-state index contributed by atoms with van der Waals surface area (Å²) in [6.07, 6.45) is 2.43. The summed E-state index contributed by atoms with van der Waals surface area (Å²) in [5, 5.41) is 0. The predicted octanol–water partition coefficient (Wildman–Crippen LogP) is 4.92. The molecule has 0 saturated heterocycles. The van der Waals surface area contributed by atoms with Crippen molar-refractivity contribution in [2.24, 2.45) is 0 Å². The summed E-state index contributed by atoms with van der Waals surface area (Å²) in [4.78, 5) is 48.6. The molecule has 2 amide bonds. The molecular formula is C29H23N3O6. The van der Waals surface area contributed by atoms with Crippen LogP contribution in [0.25, 0.3) is 5.57 Å². The number of hydrogen-bond acceptors (Lipinski definition) is 8. The molecule has 3 aromatic carbocycles. The number of methoxy groups -OCH3 is 2. The third kappa shape index (κ3) is 5.73. The van der Waals surface area contributed by atoms with Crippen LogP contribution >= 0.6 is 0 Å². The summed E-state index contributed by atoms with van der Waals surface area (Å²) in [5.74, 6) is -1.45. The summed E-state index contributed by atoms with van der Waals surface area (Å²) in [6, 6.07) is 24.9. The first-order valence-corrected chi connectivity index (χ1v) is 11.4. The van der Waals surface area contributed by atoms with Crippen molar-refractivity contribution in [3.63, 3.8) is 0 Å². The number of hydrogen-bond donors (Lipinski definition) is 0. The second-order valence-electron chi connectivity index (χ2n) is 7.75. The minimum absolute atomic E-state index is 0.0100. The summed E-state index contributed by atoms with van der Waals surface area (Å²) < 4.78 is 15.9. The van der Waals surface area contributed by atoms with Crippen LogP contribution < -0.4 is 9.64 Å². The molecule has 0 saturated carbocycles. The largest absolute Gasteiger partial charge is 0.503 e. The van der Waals surface area contributed by atoms with Crippen molar-refractivity contribution in [3.8, 4) is 11.6 Å². The van der Waals surface area contributed by atoms with Gasteiger partial charge in [-0.3, -0.25) is 9.59 Å². The smallest absolute Gasteiger partial charge is 0.341 e. The average Bonchev–Trinajstić information content (AvgIpc) is 2.97. The lowest BCUT2D eigenvalue weighted by Crippen LogP contribution is -2.37. The van der Waals surface area contributed by atoms with Crippen LogP contribution in [0.4, 0.5) is 5.82 Å². The van der Waals surface area contributed by atoms with E-state index in [1.165, 1.54) is 32.9 Å². The van der Waals surface area contributed by atoms with E-state index in [0.29, 0.717) is 16.7 Å². The number of benzene rings is 3. The van der Waals surface area contributed by atoms with Crippen LogP contribution in [-0.4, -0.2) is 42.0 Å². The fourth-order valence-corrected chi connectivity index (χ4v) is 3.57. The Balaban J connectivity index is 1.74. The molecule has 0 aliphatic carbocycles. The van der Waals surface area contributed by atoms with Crippen molar-refractivity contribution in [1.82, 2.24) is 9.97 Å². The van der Waals surface area contributed by atoms with Crippen LogP contribution in [0.5, 0.6) is 11.6 Å². The van der Waals surface area contributed by atoms with Gasteiger partial charge < -0.3 is 14.2 Å². The highest BCUT2D eigenvalue weighted by Gasteiger charge is 2.28. The van der Waals surface area contributed by atoms with Crippen LogP contribution in [0.2, 0.25) is 0 Å².